The Morgan fingerprint density at radius 3 is 2.65 bits per heavy atom. The number of fused-ring (bicyclic) bond motifs is 2. The molecule has 12 heteroatoms. The number of allylic oxidation sites excluding steroid dienone is 2. The van der Waals surface area contributed by atoms with Crippen molar-refractivity contribution in [2.24, 2.45) is 5.92 Å². The summed E-state index contributed by atoms with van der Waals surface area (Å²) in [5, 5.41) is 7.66. The van der Waals surface area contributed by atoms with Crippen LogP contribution in [-0.2, 0) is 30.5 Å². The molecule has 2 heterocycles. The molecule has 3 amide bonds. The van der Waals surface area contributed by atoms with Crippen LogP contribution in [0.25, 0.3) is 0 Å². The van der Waals surface area contributed by atoms with Crippen LogP contribution in [0.4, 0.5) is 4.39 Å². The summed E-state index contributed by atoms with van der Waals surface area (Å²) in [6.07, 6.45) is 6.21. The molecule has 10 nitrogen and oxygen atoms in total. The van der Waals surface area contributed by atoms with Gasteiger partial charge in [0.15, 0.2) is 5.12 Å². The monoisotopic (exact) mass is 576 g/mol. The highest BCUT2D eigenvalue weighted by Crippen LogP contribution is 2.14. The normalized spacial score (nSPS) is 20.3. The molecule has 2 rings (SSSR count). The third kappa shape index (κ3) is 10.6. The first-order chi connectivity index (χ1) is 19.0. The topological polar surface area (TPSA) is 144 Å². The summed E-state index contributed by atoms with van der Waals surface area (Å²) >= 11 is 1.23. The number of halogens is 1. The maximum atomic E-state index is 14.3. The average molecular weight is 577 g/mol. The molecule has 0 radical (unpaired) electrons. The van der Waals surface area contributed by atoms with Gasteiger partial charge in [-0.2, -0.15) is 0 Å². The number of rotatable bonds is 8. The third-order valence-electron chi connectivity index (χ3n) is 5.88. The van der Waals surface area contributed by atoms with Gasteiger partial charge >= 0.3 is 5.97 Å². The zero-order valence-electron chi connectivity index (χ0n) is 23.3. The van der Waals surface area contributed by atoms with Crippen LogP contribution >= 0.6 is 11.8 Å². The summed E-state index contributed by atoms with van der Waals surface area (Å²) in [6, 6.07) is 1.14. The molecule has 1 aliphatic rings. The number of pyridine rings is 1. The van der Waals surface area contributed by atoms with Crippen LogP contribution in [0.3, 0.4) is 0 Å². The Morgan fingerprint density at radius 2 is 1.98 bits per heavy atom. The fourth-order valence-corrected chi connectivity index (χ4v) is 4.36. The van der Waals surface area contributed by atoms with Gasteiger partial charge in [-0.05, 0) is 43.9 Å². The van der Waals surface area contributed by atoms with Crippen LogP contribution in [0.5, 0.6) is 0 Å². The van der Waals surface area contributed by atoms with Crippen molar-refractivity contribution >= 4 is 40.6 Å². The van der Waals surface area contributed by atoms with E-state index in [1.54, 1.807) is 26.0 Å². The van der Waals surface area contributed by atoms with Crippen LogP contribution < -0.4 is 16.0 Å². The van der Waals surface area contributed by atoms with Crippen molar-refractivity contribution in [3.05, 3.63) is 53.3 Å². The van der Waals surface area contributed by atoms with Crippen molar-refractivity contribution in [2.75, 3.05) is 5.75 Å². The van der Waals surface area contributed by atoms with Crippen molar-refractivity contribution in [1.82, 2.24) is 20.9 Å². The molecule has 0 aliphatic carbocycles. The maximum absolute atomic E-state index is 14.3. The van der Waals surface area contributed by atoms with E-state index in [4.69, 9.17) is 4.74 Å². The standard InChI is InChI=1S/C28H37FN4O6S/c1-5-7-11-24(35)40-14-9-8-10-18-15-23(34)30-16-22-19(29)12-13-21(31-22)27(37)32-20(6-2)26(36)33-25(17(3)4)28(38)39-18/h6,8,10,12-13,17-18,25H,5,7,9,11,14-16H2,1-4H3,(H,30,34)(H,32,37)(H,33,36)/b10-8+,20-6-/t18-,25+/m1/s1. The summed E-state index contributed by atoms with van der Waals surface area (Å²) in [6.45, 7) is 6.67. The quantitative estimate of drug-likeness (QED) is 0.185. The highest BCUT2D eigenvalue weighted by molar-refractivity contribution is 8.13. The van der Waals surface area contributed by atoms with Gasteiger partial charge in [0, 0.05) is 12.2 Å². The van der Waals surface area contributed by atoms with Gasteiger partial charge < -0.3 is 20.7 Å². The van der Waals surface area contributed by atoms with Crippen LogP contribution in [0.2, 0.25) is 0 Å². The second kappa shape index (κ2) is 16.5. The van der Waals surface area contributed by atoms with Crippen molar-refractivity contribution < 1.29 is 33.1 Å². The zero-order chi connectivity index (χ0) is 29.7. The second-order valence-electron chi connectivity index (χ2n) is 9.47. The van der Waals surface area contributed by atoms with E-state index in [2.05, 4.69) is 20.9 Å². The van der Waals surface area contributed by atoms with E-state index in [9.17, 15) is 28.4 Å². The minimum Gasteiger partial charge on any atom is -0.456 e. The lowest BCUT2D eigenvalue weighted by atomic mass is 10.0. The molecular weight excluding hydrogens is 539 g/mol. The number of nitrogens with one attached hydrogen (secondary N) is 3. The van der Waals surface area contributed by atoms with Gasteiger partial charge in [0.05, 0.1) is 18.7 Å². The van der Waals surface area contributed by atoms with Crippen LogP contribution in [0.1, 0.15) is 76.0 Å². The SMILES string of the molecule is C/C=C1\NC(=O)c2ccc(F)c(n2)CNC(=O)C[C@@H](/C=C/CCSC(=O)CCCC)OC(=O)[C@H](C(C)C)NC1=O. The number of ether oxygens (including phenoxy) is 1. The number of hydrogen-bond acceptors (Lipinski definition) is 8. The Bertz CT molecular complexity index is 1150. The number of thioether (sulfide) groups is 1. The highest BCUT2D eigenvalue weighted by Gasteiger charge is 2.30. The average Bonchev–Trinajstić information content (AvgIpc) is 2.91. The van der Waals surface area contributed by atoms with Crippen molar-refractivity contribution in [3.8, 4) is 0 Å². The molecule has 40 heavy (non-hydrogen) atoms. The van der Waals surface area contributed by atoms with E-state index < -0.39 is 41.7 Å². The number of amides is 3. The Labute approximate surface area is 238 Å². The van der Waals surface area contributed by atoms with E-state index in [1.165, 1.54) is 24.8 Å². The third-order valence-corrected chi connectivity index (χ3v) is 6.85. The highest BCUT2D eigenvalue weighted by atomic mass is 32.2. The summed E-state index contributed by atoms with van der Waals surface area (Å²) in [4.78, 5) is 67.3. The summed E-state index contributed by atoms with van der Waals surface area (Å²) in [7, 11) is 0. The van der Waals surface area contributed by atoms with Gasteiger partial charge in [-0.1, -0.05) is 51.1 Å². The maximum Gasteiger partial charge on any atom is 0.329 e. The fourth-order valence-electron chi connectivity index (χ4n) is 3.59. The first-order valence-corrected chi connectivity index (χ1v) is 14.3. The van der Waals surface area contributed by atoms with Crippen LogP contribution in [0.15, 0.2) is 36.1 Å². The molecule has 1 aromatic heterocycles. The first-order valence-electron chi connectivity index (χ1n) is 13.3. The van der Waals surface area contributed by atoms with E-state index in [0.717, 1.165) is 25.0 Å². The Morgan fingerprint density at radius 1 is 1.23 bits per heavy atom. The van der Waals surface area contributed by atoms with Gasteiger partial charge in [-0.3, -0.25) is 19.2 Å². The predicted molar refractivity (Wildman–Crippen MR) is 149 cm³/mol. The lowest BCUT2D eigenvalue weighted by molar-refractivity contribution is -0.153. The molecule has 0 spiro atoms. The van der Waals surface area contributed by atoms with Crippen LogP contribution in [0, 0.1) is 11.7 Å². The molecule has 1 aromatic rings. The minimum atomic E-state index is -1.08. The van der Waals surface area contributed by atoms with Gasteiger partial charge in [-0.15, -0.1) is 0 Å². The molecule has 0 aromatic carbocycles. The number of hydrogen-bond donors (Lipinski definition) is 3. The van der Waals surface area contributed by atoms with Crippen molar-refractivity contribution in [3.63, 3.8) is 0 Å². The Hall–Kier alpha value is -3.54. The van der Waals surface area contributed by atoms with Crippen LogP contribution in [-0.4, -0.2) is 51.7 Å². The van der Waals surface area contributed by atoms with E-state index in [-0.39, 0.29) is 41.1 Å². The Balaban J connectivity index is 2.28. The second-order valence-corrected chi connectivity index (χ2v) is 10.6. The van der Waals surface area contributed by atoms with Gasteiger partial charge in [0.25, 0.3) is 11.8 Å². The predicted octanol–water partition coefficient (Wildman–Crippen LogP) is 3.32. The number of cyclic esters (lactones) is 1. The number of esters is 1. The molecule has 218 valence electrons. The summed E-state index contributed by atoms with van der Waals surface area (Å²) in [5.74, 6) is -3.37. The van der Waals surface area contributed by atoms with Crippen molar-refractivity contribution in [2.45, 2.75) is 78.5 Å². The van der Waals surface area contributed by atoms with E-state index >= 15 is 0 Å². The van der Waals surface area contributed by atoms with Gasteiger partial charge in [-0.25, -0.2) is 14.2 Å². The molecule has 0 unspecified atom stereocenters. The lowest BCUT2D eigenvalue weighted by Gasteiger charge is -2.24. The number of aromatic nitrogens is 1. The lowest BCUT2D eigenvalue weighted by Crippen LogP contribution is -2.48. The number of unbranched alkanes of at least 4 members (excludes halogenated alkanes) is 1. The van der Waals surface area contributed by atoms with Crippen molar-refractivity contribution in [1.29, 1.82) is 0 Å². The van der Waals surface area contributed by atoms with E-state index in [0.29, 0.717) is 18.6 Å². The smallest absolute Gasteiger partial charge is 0.329 e. The minimum absolute atomic E-state index is 0.114. The summed E-state index contributed by atoms with van der Waals surface area (Å²) in [5.41, 5.74) is -0.455. The van der Waals surface area contributed by atoms with E-state index in [1.807, 2.05) is 6.92 Å². The molecule has 2 atom stereocenters. The number of carbonyl (C=O) groups excluding carboxylic acids is 5. The number of carbonyl (C=O) groups is 5. The summed E-state index contributed by atoms with van der Waals surface area (Å²) < 4.78 is 20.0. The van der Waals surface area contributed by atoms with Gasteiger partial charge in [0.1, 0.15) is 29.4 Å². The molecule has 0 fully saturated rings. The first kappa shape index (κ1) is 32.7. The number of nitrogens with zero attached hydrogens (tertiary/aromatic N) is 1. The molecular formula is C28H37FN4O6S. The zero-order valence-corrected chi connectivity index (χ0v) is 24.1. The molecule has 1 aliphatic heterocycles. The molecule has 0 saturated carbocycles. The van der Waals surface area contributed by atoms with Gasteiger partial charge in [0.2, 0.25) is 5.91 Å². The molecule has 3 N–H and O–H groups in total. The largest absolute Gasteiger partial charge is 0.456 e. The molecule has 0 saturated heterocycles. The fraction of sp³-hybridized carbons (Fsp3) is 0.500. The molecule has 2 bridgehead atoms. The Kier molecular flexibility index (Phi) is 13.5.